The molecule has 1 aromatic heterocycles. The van der Waals surface area contributed by atoms with Crippen LogP contribution in [0.1, 0.15) is 29.1 Å². The SMILES string of the molecule is CCNC(=NCC(C)(O)c1cccs1)NCCNC(=O)c1ccc(OC)cc1.I. The molecule has 1 heterocycles. The van der Waals surface area contributed by atoms with E-state index >= 15 is 0 Å². The number of ether oxygens (including phenoxy) is 1. The fraction of sp³-hybridized carbons (Fsp3) is 0.400. The van der Waals surface area contributed by atoms with Gasteiger partial charge in [-0.05, 0) is 49.6 Å². The van der Waals surface area contributed by atoms with E-state index in [1.807, 2.05) is 24.4 Å². The Kier molecular flexibility index (Phi) is 11.0. The Balaban J connectivity index is 0.00000420. The number of hydrogen-bond donors (Lipinski definition) is 4. The molecule has 29 heavy (non-hydrogen) atoms. The van der Waals surface area contributed by atoms with Gasteiger partial charge in [-0.15, -0.1) is 35.3 Å². The summed E-state index contributed by atoms with van der Waals surface area (Å²) < 4.78 is 5.09. The molecule has 0 spiro atoms. The van der Waals surface area contributed by atoms with E-state index in [4.69, 9.17) is 4.74 Å². The normalized spacial score (nSPS) is 13.0. The van der Waals surface area contributed by atoms with Gasteiger partial charge in [0.25, 0.3) is 5.91 Å². The third-order valence-electron chi connectivity index (χ3n) is 4.00. The summed E-state index contributed by atoms with van der Waals surface area (Å²) in [5, 5.41) is 21.7. The van der Waals surface area contributed by atoms with E-state index in [0.717, 1.165) is 4.88 Å². The lowest BCUT2D eigenvalue weighted by Gasteiger charge is -2.20. The van der Waals surface area contributed by atoms with Crippen LogP contribution in [0.25, 0.3) is 0 Å². The van der Waals surface area contributed by atoms with Crippen molar-refractivity contribution in [3.8, 4) is 5.75 Å². The molecule has 1 aromatic carbocycles. The molecule has 0 radical (unpaired) electrons. The number of hydrogen-bond acceptors (Lipinski definition) is 5. The molecule has 4 N–H and O–H groups in total. The molecule has 0 saturated heterocycles. The maximum atomic E-state index is 12.1. The smallest absolute Gasteiger partial charge is 0.251 e. The van der Waals surface area contributed by atoms with E-state index in [1.54, 1.807) is 38.3 Å². The molecule has 2 aromatic rings. The number of thiophene rings is 1. The fourth-order valence-electron chi connectivity index (χ4n) is 2.44. The second-order valence-electron chi connectivity index (χ2n) is 6.36. The number of carbonyl (C=O) groups excluding carboxylic acids is 1. The van der Waals surface area contributed by atoms with E-state index in [9.17, 15) is 9.90 Å². The fourth-order valence-corrected chi connectivity index (χ4v) is 3.22. The summed E-state index contributed by atoms with van der Waals surface area (Å²) in [5.41, 5.74) is -0.438. The number of aliphatic imine (C=N–C) groups is 1. The number of benzene rings is 1. The number of halogens is 1. The zero-order valence-corrected chi connectivity index (χ0v) is 20.0. The van der Waals surface area contributed by atoms with Gasteiger partial charge in [0.15, 0.2) is 5.96 Å². The van der Waals surface area contributed by atoms with E-state index in [0.29, 0.717) is 36.9 Å². The Labute approximate surface area is 193 Å². The van der Waals surface area contributed by atoms with Gasteiger partial charge < -0.3 is 25.8 Å². The van der Waals surface area contributed by atoms with Crippen molar-refractivity contribution in [3.05, 3.63) is 52.2 Å². The molecule has 0 aliphatic rings. The van der Waals surface area contributed by atoms with Gasteiger partial charge in [-0.3, -0.25) is 4.79 Å². The van der Waals surface area contributed by atoms with Crippen LogP contribution in [0.3, 0.4) is 0 Å². The van der Waals surface area contributed by atoms with Crippen LogP contribution < -0.4 is 20.7 Å². The van der Waals surface area contributed by atoms with E-state index in [1.165, 1.54) is 11.3 Å². The van der Waals surface area contributed by atoms with Gasteiger partial charge in [0, 0.05) is 30.1 Å². The maximum absolute atomic E-state index is 12.1. The Morgan fingerprint density at radius 2 is 1.86 bits per heavy atom. The summed E-state index contributed by atoms with van der Waals surface area (Å²) in [6.45, 7) is 5.61. The minimum absolute atomic E-state index is 0. The highest BCUT2D eigenvalue weighted by Gasteiger charge is 2.23. The maximum Gasteiger partial charge on any atom is 0.251 e. The molecule has 2 rings (SSSR count). The van der Waals surface area contributed by atoms with E-state index in [-0.39, 0.29) is 36.4 Å². The largest absolute Gasteiger partial charge is 0.497 e. The van der Waals surface area contributed by atoms with Crippen LogP contribution in [0.2, 0.25) is 0 Å². The number of methoxy groups -OCH3 is 1. The van der Waals surface area contributed by atoms with Crippen molar-refractivity contribution in [1.82, 2.24) is 16.0 Å². The van der Waals surface area contributed by atoms with Gasteiger partial charge in [-0.2, -0.15) is 0 Å². The topological polar surface area (TPSA) is 95.0 Å². The lowest BCUT2D eigenvalue weighted by molar-refractivity contribution is 0.0711. The summed E-state index contributed by atoms with van der Waals surface area (Å²) in [6, 6.07) is 10.8. The molecule has 160 valence electrons. The van der Waals surface area contributed by atoms with Crippen molar-refractivity contribution in [2.45, 2.75) is 19.4 Å². The number of guanidine groups is 1. The molecule has 0 aliphatic heterocycles. The summed E-state index contributed by atoms with van der Waals surface area (Å²) in [6.07, 6.45) is 0. The van der Waals surface area contributed by atoms with Crippen LogP contribution in [0.4, 0.5) is 0 Å². The minimum Gasteiger partial charge on any atom is -0.497 e. The molecular weight excluding hydrogens is 503 g/mol. The van der Waals surface area contributed by atoms with Crippen molar-refractivity contribution in [1.29, 1.82) is 0 Å². The van der Waals surface area contributed by atoms with Gasteiger partial charge in [0.05, 0.1) is 13.7 Å². The molecule has 0 bridgehead atoms. The molecule has 0 aliphatic carbocycles. The third kappa shape index (κ3) is 8.19. The average Bonchev–Trinajstić information content (AvgIpc) is 3.25. The lowest BCUT2D eigenvalue weighted by Crippen LogP contribution is -2.42. The summed E-state index contributed by atoms with van der Waals surface area (Å²) in [7, 11) is 1.59. The van der Waals surface area contributed by atoms with Gasteiger partial charge in [-0.25, -0.2) is 4.99 Å². The first-order valence-electron chi connectivity index (χ1n) is 9.17. The Morgan fingerprint density at radius 1 is 1.17 bits per heavy atom. The molecular formula is C20H29IN4O3S. The molecule has 9 heteroatoms. The zero-order valence-electron chi connectivity index (χ0n) is 16.9. The predicted octanol–water partition coefficient (Wildman–Crippen LogP) is 2.57. The minimum atomic E-state index is -1.01. The van der Waals surface area contributed by atoms with Crippen LogP contribution in [0.5, 0.6) is 5.75 Å². The van der Waals surface area contributed by atoms with Crippen LogP contribution in [0, 0.1) is 0 Å². The zero-order chi connectivity index (χ0) is 20.4. The first kappa shape index (κ1) is 25.2. The van der Waals surface area contributed by atoms with Crippen molar-refractivity contribution in [2.24, 2.45) is 4.99 Å². The standard InChI is InChI=1S/C20H28N4O3S.HI/c1-4-21-19(24-14-20(2,26)17-6-5-13-28-17)23-12-11-22-18(25)15-7-9-16(27-3)10-8-15;/h5-10,13,26H,4,11-12,14H2,1-3H3,(H,22,25)(H2,21,23,24);1H. The Morgan fingerprint density at radius 3 is 2.45 bits per heavy atom. The van der Waals surface area contributed by atoms with Crippen molar-refractivity contribution in [2.75, 3.05) is 33.3 Å². The highest BCUT2D eigenvalue weighted by atomic mass is 127. The molecule has 1 atom stereocenters. The number of amides is 1. The summed E-state index contributed by atoms with van der Waals surface area (Å²) >= 11 is 1.50. The first-order chi connectivity index (χ1) is 13.5. The second-order valence-corrected chi connectivity index (χ2v) is 7.31. The third-order valence-corrected chi connectivity index (χ3v) is 5.12. The first-order valence-corrected chi connectivity index (χ1v) is 10.0. The molecule has 0 saturated carbocycles. The average molecular weight is 532 g/mol. The highest BCUT2D eigenvalue weighted by Crippen LogP contribution is 2.25. The highest BCUT2D eigenvalue weighted by molar-refractivity contribution is 14.0. The number of nitrogens with one attached hydrogen (secondary N) is 3. The van der Waals surface area contributed by atoms with Crippen LogP contribution >= 0.6 is 35.3 Å². The van der Waals surface area contributed by atoms with Gasteiger partial charge in [0.1, 0.15) is 11.4 Å². The van der Waals surface area contributed by atoms with Crippen molar-refractivity contribution in [3.63, 3.8) is 0 Å². The van der Waals surface area contributed by atoms with Gasteiger partial charge in [0.2, 0.25) is 0 Å². The molecule has 7 nitrogen and oxygen atoms in total. The Hall–Kier alpha value is -1.85. The van der Waals surface area contributed by atoms with Crippen LogP contribution in [-0.4, -0.2) is 50.3 Å². The monoisotopic (exact) mass is 532 g/mol. The molecule has 1 amide bonds. The Bertz CT molecular complexity index is 765. The number of nitrogens with zero attached hydrogens (tertiary/aromatic N) is 1. The molecule has 0 fully saturated rings. The van der Waals surface area contributed by atoms with Gasteiger partial charge >= 0.3 is 0 Å². The van der Waals surface area contributed by atoms with E-state index in [2.05, 4.69) is 20.9 Å². The number of rotatable bonds is 9. The summed E-state index contributed by atoms with van der Waals surface area (Å²) in [4.78, 5) is 17.5. The molecule has 1 unspecified atom stereocenters. The van der Waals surface area contributed by atoms with Crippen molar-refractivity contribution >= 4 is 47.2 Å². The predicted molar refractivity (Wildman–Crippen MR) is 129 cm³/mol. The van der Waals surface area contributed by atoms with Gasteiger partial charge in [-0.1, -0.05) is 6.07 Å². The van der Waals surface area contributed by atoms with Crippen molar-refractivity contribution < 1.29 is 14.6 Å². The second kappa shape index (κ2) is 12.7. The summed E-state index contributed by atoms with van der Waals surface area (Å²) in [5.74, 6) is 1.16. The van der Waals surface area contributed by atoms with E-state index < -0.39 is 5.60 Å². The quantitative estimate of drug-likeness (QED) is 0.173. The van der Waals surface area contributed by atoms with Crippen LogP contribution in [-0.2, 0) is 5.60 Å². The number of aliphatic hydroxyl groups is 1. The van der Waals surface area contributed by atoms with Crippen LogP contribution in [0.15, 0.2) is 46.8 Å². The number of carbonyl (C=O) groups is 1. The lowest BCUT2D eigenvalue weighted by atomic mass is 10.1.